The first kappa shape index (κ1) is 30.6. The van der Waals surface area contributed by atoms with Crippen LogP contribution in [0.25, 0.3) is 0 Å². The van der Waals surface area contributed by atoms with Crippen molar-refractivity contribution in [3.8, 4) is 11.5 Å². The van der Waals surface area contributed by atoms with E-state index < -0.39 is 35.0 Å². The molecule has 1 saturated carbocycles. The number of nitrogens with one attached hydrogen (secondary N) is 1. The SMILES string of the molecule is COc1ccc([C@H]2C3=CC[C@@H]4C(=O)N(c5ccc(Nc6ccccc6)cc5)C(=O)[C@@H]4[C@@H]3C[C@H]3C(=O)N(c4ccccc4)C(=O)[C@@]23C)c(O)c1. The van der Waals surface area contributed by atoms with Crippen LogP contribution in [0.15, 0.2) is 115 Å². The first-order valence-corrected chi connectivity index (χ1v) is 16.5. The number of ether oxygens (including phenoxy) is 1. The van der Waals surface area contributed by atoms with E-state index in [9.17, 15) is 24.3 Å². The van der Waals surface area contributed by atoms with Crippen LogP contribution in [-0.4, -0.2) is 35.8 Å². The summed E-state index contributed by atoms with van der Waals surface area (Å²) in [4.78, 5) is 59.8. The lowest BCUT2D eigenvalue weighted by molar-refractivity contribution is -0.131. The number of fused-ring (bicyclic) bond motifs is 4. The van der Waals surface area contributed by atoms with Crippen molar-refractivity contribution in [2.45, 2.75) is 25.7 Å². The van der Waals surface area contributed by atoms with Crippen molar-refractivity contribution >= 4 is 46.4 Å². The number of phenols is 1. The zero-order valence-corrected chi connectivity index (χ0v) is 27.1. The Kier molecular flexibility index (Phi) is 7.17. The molecule has 0 unspecified atom stereocenters. The Morgan fingerprint density at radius 1 is 0.755 bits per heavy atom. The molecule has 2 saturated heterocycles. The van der Waals surface area contributed by atoms with Gasteiger partial charge in [-0.15, -0.1) is 0 Å². The molecule has 2 aliphatic carbocycles. The van der Waals surface area contributed by atoms with Gasteiger partial charge in [0.1, 0.15) is 11.5 Å². The molecule has 6 atom stereocenters. The van der Waals surface area contributed by atoms with E-state index in [4.69, 9.17) is 4.74 Å². The number of amides is 4. The van der Waals surface area contributed by atoms with Gasteiger partial charge in [-0.2, -0.15) is 0 Å². The van der Waals surface area contributed by atoms with Gasteiger partial charge in [0, 0.05) is 28.9 Å². The molecule has 0 radical (unpaired) electrons. The normalized spacial score (nSPS) is 27.4. The largest absolute Gasteiger partial charge is 0.508 e. The Hall–Kier alpha value is -5.70. The molecule has 2 aliphatic heterocycles. The molecule has 0 bridgehead atoms. The number of hydrogen-bond donors (Lipinski definition) is 2. The van der Waals surface area contributed by atoms with E-state index in [1.165, 1.54) is 23.0 Å². The quantitative estimate of drug-likeness (QED) is 0.178. The van der Waals surface area contributed by atoms with E-state index in [1.54, 1.807) is 55.5 Å². The number of aromatic hydroxyl groups is 1. The van der Waals surface area contributed by atoms with E-state index in [0.717, 1.165) is 16.9 Å². The summed E-state index contributed by atoms with van der Waals surface area (Å²) in [6, 6.07) is 30.7. The highest BCUT2D eigenvalue weighted by Gasteiger charge is 2.68. The lowest BCUT2D eigenvalue weighted by Crippen LogP contribution is -2.48. The van der Waals surface area contributed by atoms with Crippen LogP contribution in [0.2, 0.25) is 0 Å². The zero-order valence-electron chi connectivity index (χ0n) is 27.1. The Labute approximate surface area is 283 Å². The number of phenolic OH excluding ortho intramolecular Hbond substituents is 1. The van der Waals surface area contributed by atoms with Gasteiger partial charge >= 0.3 is 0 Å². The monoisotopic (exact) mass is 653 g/mol. The smallest absolute Gasteiger partial charge is 0.241 e. The molecule has 4 aliphatic rings. The van der Waals surface area contributed by atoms with Crippen LogP contribution < -0.4 is 19.9 Å². The molecule has 3 fully saturated rings. The molecule has 49 heavy (non-hydrogen) atoms. The summed E-state index contributed by atoms with van der Waals surface area (Å²) in [5.41, 5.74) is 2.73. The summed E-state index contributed by atoms with van der Waals surface area (Å²) >= 11 is 0. The summed E-state index contributed by atoms with van der Waals surface area (Å²) in [6.07, 6.45) is 2.52. The Morgan fingerprint density at radius 3 is 2.08 bits per heavy atom. The topological polar surface area (TPSA) is 116 Å². The zero-order chi connectivity index (χ0) is 34.0. The Balaban J connectivity index is 1.18. The van der Waals surface area contributed by atoms with Crippen LogP contribution >= 0.6 is 0 Å². The molecule has 0 spiro atoms. The number of carbonyl (C=O) groups excluding carboxylic acids is 4. The van der Waals surface area contributed by atoms with Crippen LogP contribution in [-0.2, 0) is 19.2 Å². The van der Waals surface area contributed by atoms with Crippen LogP contribution in [0.1, 0.15) is 31.2 Å². The molecule has 4 aromatic rings. The molecule has 0 aromatic heterocycles. The van der Waals surface area contributed by atoms with Gasteiger partial charge in [-0.05, 0) is 80.3 Å². The van der Waals surface area contributed by atoms with Crippen LogP contribution in [0, 0.1) is 29.1 Å². The molecule has 2 N–H and O–H groups in total. The van der Waals surface area contributed by atoms with Crippen molar-refractivity contribution in [1.29, 1.82) is 0 Å². The van der Waals surface area contributed by atoms with Crippen molar-refractivity contribution in [1.82, 2.24) is 0 Å². The van der Waals surface area contributed by atoms with Gasteiger partial charge in [-0.25, -0.2) is 4.90 Å². The second-order valence-corrected chi connectivity index (χ2v) is 13.5. The van der Waals surface area contributed by atoms with Crippen molar-refractivity contribution in [2.24, 2.45) is 29.1 Å². The number of para-hydroxylation sites is 2. The summed E-state index contributed by atoms with van der Waals surface area (Å²) in [7, 11) is 1.50. The minimum atomic E-state index is -1.25. The second kappa shape index (κ2) is 11.5. The number of rotatable bonds is 6. The number of imide groups is 2. The van der Waals surface area contributed by atoms with E-state index in [0.29, 0.717) is 29.1 Å². The van der Waals surface area contributed by atoms with E-state index in [-0.39, 0.29) is 35.8 Å². The highest BCUT2D eigenvalue weighted by Crippen LogP contribution is 2.64. The molecule has 4 aromatic carbocycles. The maximum absolute atomic E-state index is 14.5. The van der Waals surface area contributed by atoms with E-state index >= 15 is 0 Å². The minimum Gasteiger partial charge on any atom is -0.508 e. The summed E-state index contributed by atoms with van der Waals surface area (Å²) in [5, 5.41) is 14.7. The molecule has 4 amide bonds. The average molecular weight is 654 g/mol. The summed E-state index contributed by atoms with van der Waals surface area (Å²) in [5.74, 6) is -4.19. The fourth-order valence-corrected chi connectivity index (χ4v) is 8.71. The van der Waals surface area contributed by atoms with Crippen molar-refractivity contribution < 1.29 is 29.0 Å². The van der Waals surface area contributed by atoms with Gasteiger partial charge in [-0.1, -0.05) is 54.1 Å². The van der Waals surface area contributed by atoms with Gasteiger partial charge in [0.25, 0.3) is 0 Å². The fraction of sp³-hybridized carbons (Fsp3) is 0.250. The molecule has 9 nitrogen and oxygen atoms in total. The standard InChI is InChI=1S/C40H35N3O6/c1-40-32(37(46)43(39(40)48)25-11-7-4-8-12-25)22-31-28(35(40)29-18-17-27(49-2)21-33(29)44)19-20-30-34(31)38(47)42(36(30)45)26-15-13-24(14-16-26)41-23-9-5-3-6-10-23/h3-19,21,30-32,34-35,41,44H,20,22H2,1-2H3/t30-,31+,32-,34-,35+,40+/m0/s1. The predicted molar refractivity (Wildman–Crippen MR) is 184 cm³/mol. The highest BCUT2D eigenvalue weighted by atomic mass is 16.5. The Bertz CT molecular complexity index is 2030. The van der Waals surface area contributed by atoms with E-state index in [2.05, 4.69) is 5.32 Å². The Morgan fingerprint density at radius 2 is 1.41 bits per heavy atom. The summed E-state index contributed by atoms with van der Waals surface area (Å²) < 4.78 is 5.35. The van der Waals surface area contributed by atoms with Crippen molar-refractivity contribution in [3.63, 3.8) is 0 Å². The number of nitrogens with zero attached hydrogens (tertiary/aromatic N) is 2. The van der Waals surface area contributed by atoms with Gasteiger partial charge < -0.3 is 15.2 Å². The lowest BCUT2D eigenvalue weighted by atomic mass is 9.51. The molecule has 246 valence electrons. The molecule has 2 heterocycles. The predicted octanol–water partition coefficient (Wildman–Crippen LogP) is 6.58. The van der Waals surface area contributed by atoms with Crippen LogP contribution in [0.5, 0.6) is 11.5 Å². The first-order chi connectivity index (χ1) is 23.7. The third-order valence-corrected chi connectivity index (χ3v) is 11.0. The number of benzene rings is 4. The van der Waals surface area contributed by atoms with Crippen LogP contribution in [0.4, 0.5) is 22.7 Å². The third kappa shape index (κ3) is 4.59. The lowest BCUT2D eigenvalue weighted by Gasteiger charge is -2.49. The number of carbonyl (C=O) groups is 4. The second-order valence-electron chi connectivity index (χ2n) is 13.5. The maximum atomic E-state index is 14.5. The van der Waals surface area contributed by atoms with Crippen LogP contribution in [0.3, 0.4) is 0 Å². The molecule has 9 heteroatoms. The molecule has 8 rings (SSSR count). The first-order valence-electron chi connectivity index (χ1n) is 16.5. The van der Waals surface area contributed by atoms with Crippen molar-refractivity contribution in [2.75, 3.05) is 22.2 Å². The minimum absolute atomic E-state index is 0.0638. The summed E-state index contributed by atoms with van der Waals surface area (Å²) in [6.45, 7) is 1.80. The van der Waals surface area contributed by atoms with Gasteiger partial charge in [-0.3, -0.25) is 24.1 Å². The number of anilines is 4. The maximum Gasteiger partial charge on any atom is 0.241 e. The van der Waals surface area contributed by atoms with Gasteiger partial charge in [0.2, 0.25) is 23.6 Å². The molecular weight excluding hydrogens is 618 g/mol. The average Bonchev–Trinajstić information content (AvgIpc) is 3.49. The molecular formula is C40H35N3O6. The third-order valence-electron chi connectivity index (χ3n) is 11.0. The van der Waals surface area contributed by atoms with Gasteiger partial charge in [0.05, 0.1) is 41.7 Å². The van der Waals surface area contributed by atoms with Gasteiger partial charge in [0.15, 0.2) is 0 Å². The fourth-order valence-electron chi connectivity index (χ4n) is 8.71. The number of hydrogen-bond acceptors (Lipinski definition) is 7. The number of methoxy groups -OCH3 is 1. The van der Waals surface area contributed by atoms with Crippen molar-refractivity contribution in [3.05, 3.63) is 120 Å². The number of allylic oxidation sites excluding steroid dienone is 2. The highest BCUT2D eigenvalue weighted by molar-refractivity contribution is 6.25. The van der Waals surface area contributed by atoms with E-state index in [1.807, 2.05) is 54.6 Å².